The quantitative estimate of drug-likeness (QED) is 0.805. The number of aromatic nitrogens is 1. The lowest BCUT2D eigenvalue weighted by molar-refractivity contribution is -0.255. The van der Waals surface area contributed by atoms with Crippen molar-refractivity contribution in [2.75, 3.05) is 0 Å². The zero-order valence-electron chi connectivity index (χ0n) is 11.2. The molecule has 2 aromatic rings. The van der Waals surface area contributed by atoms with E-state index in [2.05, 4.69) is 0 Å². The van der Waals surface area contributed by atoms with E-state index in [1.165, 1.54) is 11.3 Å². The van der Waals surface area contributed by atoms with E-state index in [9.17, 15) is 14.7 Å². The highest BCUT2D eigenvalue weighted by atomic mass is 32.1. The van der Waals surface area contributed by atoms with Gasteiger partial charge in [0.25, 0.3) is 0 Å². The van der Waals surface area contributed by atoms with Crippen molar-refractivity contribution in [2.24, 2.45) is 0 Å². The molecule has 5 heteroatoms. The molecule has 0 amide bonds. The van der Waals surface area contributed by atoms with Crippen molar-refractivity contribution >= 4 is 23.6 Å². The molecule has 0 aromatic carbocycles. The zero-order valence-corrected chi connectivity index (χ0v) is 12.1. The highest BCUT2D eigenvalue weighted by Crippen LogP contribution is 2.33. The second-order valence-corrected chi connectivity index (χ2v) is 5.73. The monoisotopic (exact) mass is 276 g/mol. The second-order valence-electron chi connectivity index (χ2n) is 4.53. The topological polar surface area (TPSA) is 62.1 Å². The van der Waals surface area contributed by atoms with E-state index >= 15 is 0 Å². The molecular formula is C14H14NO3S-. The first kappa shape index (κ1) is 13.5. The van der Waals surface area contributed by atoms with Crippen LogP contribution in [0.5, 0.6) is 0 Å². The summed E-state index contributed by atoms with van der Waals surface area (Å²) in [6.07, 6.45) is 0.783. The van der Waals surface area contributed by atoms with E-state index in [4.69, 9.17) is 0 Å². The number of hydrogen-bond donors (Lipinski definition) is 0. The van der Waals surface area contributed by atoms with Crippen LogP contribution in [-0.4, -0.2) is 16.8 Å². The largest absolute Gasteiger partial charge is 0.545 e. The molecule has 0 atom stereocenters. The lowest BCUT2D eigenvalue weighted by Gasteiger charge is -2.11. The molecule has 0 aliphatic rings. The summed E-state index contributed by atoms with van der Waals surface area (Å²) in [5, 5.41) is 12.0. The lowest BCUT2D eigenvalue weighted by Crippen LogP contribution is -2.24. The number of aldehydes is 1. The van der Waals surface area contributed by atoms with Gasteiger partial charge in [0.1, 0.15) is 5.00 Å². The summed E-state index contributed by atoms with van der Waals surface area (Å²) >= 11 is 1.40. The van der Waals surface area contributed by atoms with Gasteiger partial charge in [0.2, 0.25) is 0 Å². The van der Waals surface area contributed by atoms with Crippen LogP contribution in [0.3, 0.4) is 0 Å². The third kappa shape index (κ3) is 2.00. The number of carbonyl (C=O) groups is 2. The van der Waals surface area contributed by atoms with Crippen molar-refractivity contribution in [3.8, 4) is 5.00 Å². The Morgan fingerprint density at radius 2 is 1.95 bits per heavy atom. The van der Waals surface area contributed by atoms with Crippen molar-refractivity contribution in [3.63, 3.8) is 0 Å². The number of carbonyl (C=O) groups excluding carboxylic acids is 2. The standard InChI is InChI=1S/C14H15NO3S/c1-7-5-11(6-16)9(3)15(7)13-12(14(17)18)8(2)10(4)19-13/h5-6H,1-4H3,(H,17,18)/p-1. The molecule has 0 aliphatic carbocycles. The van der Waals surface area contributed by atoms with Crippen molar-refractivity contribution in [2.45, 2.75) is 27.7 Å². The highest BCUT2D eigenvalue weighted by Gasteiger charge is 2.19. The molecule has 2 aromatic heterocycles. The number of rotatable bonds is 3. The molecule has 0 radical (unpaired) electrons. The maximum absolute atomic E-state index is 11.3. The molecule has 19 heavy (non-hydrogen) atoms. The van der Waals surface area contributed by atoms with Gasteiger partial charge < -0.3 is 14.5 Å². The Bertz CT molecular complexity index is 679. The number of carboxylic acid groups (broad SMARTS) is 1. The van der Waals surface area contributed by atoms with Crippen molar-refractivity contribution in [1.29, 1.82) is 0 Å². The maximum Gasteiger partial charge on any atom is 0.151 e. The fourth-order valence-corrected chi connectivity index (χ4v) is 3.48. The minimum atomic E-state index is -1.18. The number of thiophene rings is 1. The van der Waals surface area contributed by atoms with Gasteiger partial charge in [-0.15, -0.1) is 11.3 Å². The summed E-state index contributed by atoms with van der Waals surface area (Å²) in [6, 6.07) is 1.76. The number of hydrogen-bond acceptors (Lipinski definition) is 4. The molecule has 0 spiro atoms. The molecule has 2 heterocycles. The second kappa shape index (κ2) is 4.66. The van der Waals surface area contributed by atoms with E-state index in [-0.39, 0.29) is 5.56 Å². The molecule has 0 saturated heterocycles. The zero-order chi connectivity index (χ0) is 14.3. The van der Waals surface area contributed by atoms with Gasteiger partial charge in [0, 0.05) is 27.4 Å². The van der Waals surface area contributed by atoms with E-state index in [0.717, 1.165) is 28.1 Å². The van der Waals surface area contributed by atoms with Gasteiger partial charge in [-0.3, -0.25) is 4.79 Å². The molecule has 0 bridgehead atoms. The summed E-state index contributed by atoms with van der Waals surface area (Å²) < 4.78 is 1.81. The van der Waals surface area contributed by atoms with Crippen molar-refractivity contribution < 1.29 is 14.7 Å². The maximum atomic E-state index is 11.3. The van der Waals surface area contributed by atoms with Gasteiger partial charge in [-0.2, -0.15) is 0 Å². The van der Waals surface area contributed by atoms with Gasteiger partial charge in [0.15, 0.2) is 6.29 Å². The molecule has 0 unspecified atom stereocenters. The Hall–Kier alpha value is -1.88. The molecule has 4 nitrogen and oxygen atoms in total. The van der Waals surface area contributed by atoms with Crippen LogP contribution in [0, 0.1) is 27.7 Å². The molecule has 0 saturated carbocycles. The predicted octanol–water partition coefficient (Wildman–Crippen LogP) is 1.95. The van der Waals surface area contributed by atoms with Crippen LogP contribution in [0.15, 0.2) is 6.07 Å². The lowest BCUT2D eigenvalue weighted by atomic mass is 10.1. The summed E-state index contributed by atoms with van der Waals surface area (Å²) in [6.45, 7) is 7.31. The van der Waals surface area contributed by atoms with Crippen LogP contribution in [-0.2, 0) is 0 Å². The van der Waals surface area contributed by atoms with Crippen LogP contribution in [0.25, 0.3) is 5.00 Å². The minimum Gasteiger partial charge on any atom is -0.545 e. The van der Waals surface area contributed by atoms with Gasteiger partial charge in [-0.25, -0.2) is 0 Å². The summed E-state index contributed by atoms with van der Waals surface area (Å²) in [7, 11) is 0. The smallest absolute Gasteiger partial charge is 0.151 e. The Morgan fingerprint density at radius 1 is 1.32 bits per heavy atom. The fraction of sp³-hybridized carbons (Fsp3) is 0.286. The molecule has 0 N–H and O–H groups in total. The van der Waals surface area contributed by atoms with E-state index in [0.29, 0.717) is 10.6 Å². The van der Waals surface area contributed by atoms with Crippen LogP contribution in [0.1, 0.15) is 42.5 Å². The van der Waals surface area contributed by atoms with Crippen molar-refractivity contribution in [1.82, 2.24) is 4.57 Å². The van der Waals surface area contributed by atoms with Gasteiger partial charge >= 0.3 is 0 Å². The average Bonchev–Trinajstić information content (AvgIpc) is 2.77. The third-order valence-electron chi connectivity index (χ3n) is 3.37. The van der Waals surface area contributed by atoms with Crippen LogP contribution >= 0.6 is 11.3 Å². The number of nitrogens with zero attached hydrogens (tertiary/aromatic N) is 1. The molecule has 0 aliphatic heterocycles. The van der Waals surface area contributed by atoms with Crippen LogP contribution < -0.4 is 5.11 Å². The van der Waals surface area contributed by atoms with E-state index < -0.39 is 5.97 Å². The number of carboxylic acids is 1. The van der Waals surface area contributed by atoms with E-state index in [1.54, 1.807) is 24.5 Å². The van der Waals surface area contributed by atoms with Gasteiger partial charge in [-0.05, 0) is 39.3 Å². The predicted molar refractivity (Wildman–Crippen MR) is 72.3 cm³/mol. The fourth-order valence-electron chi connectivity index (χ4n) is 2.23. The highest BCUT2D eigenvalue weighted by molar-refractivity contribution is 7.15. The minimum absolute atomic E-state index is 0.210. The Balaban J connectivity index is 2.79. The first-order chi connectivity index (χ1) is 8.88. The summed E-state index contributed by atoms with van der Waals surface area (Å²) in [4.78, 5) is 23.3. The molecular weight excluding hydrogens is 262 g/mol. The number of aromatic carboxylic acids is 1. The van der Waals surface area contributed by atoms with Crippen LogP contribution in [0.4, 0.5) is 0 Å². The number of aryl methyl sites for hydroxylation is 2. The molecule has 0 fully saturated rings. The molecule has 2 rings (SSSR count). The van der Waals surface area contributed by atoms with Gasteiger partial charge in [0.05, 0.1) is 5.97 Å². The van der Waals surface area contributed by atoms with Gasteiger partial charge in [-0.1, -0.05) is 0 Å². The average molecular weight is 276 g/mol. The third-order valence-corrected chi connectivity index (χ3v) is 4.56. The molecule has 100 valence electrons. The van der Waals surface area contributed by atoms with E-state index in [1.807, 2.05) is 13.8 Å². The Morgan fingerprint density at radius 3 is 2.42 bits per heavy atom. The first-order valence-electron chi connectivity index (χ1n) is 5.84. The Kier molecular flexibility index (Phi) is 3.32. The van der Waals surface area contributed by atoms with Crippen LogP contribution in [0.2, 0.25) is 0 Å². The Labute approximate surface area is 115 Å². The normalized spacial score (nSPS) is 10.7. The first-order valence-corrected chi connectivity index (χ1v) is 6.66. The van der Waals surface area contributed by atoms with Crippen molar-refractivity contribution in [3.05, 3.63) is 39.0 Å². The summed E-state index contributed by atoms with van der Waals surface area (Å²) in [5.74, 6) is -1.18. The summed E-state index contributed by atoms with van der Waals surface area (Å²) in [5.41, 5.74) is 3.09. The SMILES string of the molecule is Cc1sc(-n2c(C)cc(C=O)c2C)c(C(=O)[O-])c1C.